The van der Waals surface area contributed by atoms with Gasteiger partial charge in [0.1, 0.15) is 11.8 Å². The Hall–Kier alpha value is -3.24. The first kappa shape index (κ1) is 46.7. The van der Waals surface area contributed by atoms with E-state index in [1.54, 1.807) is 19.2 Å². The molecule has 246 valence electrons. The molecule has 2 aromatic carbocycles. The van der Waals surface area contributed by atoms with Gasteiger partial charge < -0.3 is 67.7 Å². The van der Waals surface area contributed by atoms with Crippen LogP contribution in [0.3, 0.4) is 0 Å². The number of ether oxygens (including phenoxy) is 3. The number of aromatic nitrogens is 1. The zero-order valence-electron chi connectivity index (χ0n) is 24.1. The van der Waals surface area contributed by atoms with Crippen molar-refractivity contribution in [3.63, 3.8) is 0 Å². The molecule has 1 aromatic heterocycles. The second-order valence-electron chi connectivity index (χ2n) is 8.62. The zero-order chi connectivity index (χ0) is 25.7. The third kappa shape index (κ3) is 11.1. The molecule has 15 nitrogen and oxygen atoms in total. The summed E-state index contributed by atoms with van der Waals surface area (Å²) in [7, 11) is 5.27. The normalized spacial score (nSPS) is 12.1. The van der Waals surface area contributed by atoms with E-state index in [9.17, 15) is 5.26 Å². The lowest BCUT2D eigenvalue weighted by Crippen LogP contribution is -2.44. The van der Waals surface area contributed by atoms with Gasteiger partial charge in [-0.2, -0.15) is 5.26 Å². The molecule has 0 saturated carbocycles. The van der Waals surface area contributed by atoms with Crippen molar-refractivity contribution in [3.8, 4) is 23.3 Å². The Labute approximate surface area is 259 Å². The second-order valence-corrected chi connectivity index (χ2v) is 9.43. The average molecular weight is 657 g/mol. The summed E-state index contributed by atoms with van der Waals surface area (Å²) in [6.07, 6.45) is 2.44. The van der Waals surface area contributed by atoms with Gasteiger partial charge in [-0.1, -0.05) is 23.2 Å². The van der Waals surface area contributed by atoms with Crippen LogP contribution in [0.15, 0.2) is 30.5 Å². The Balaban J connectivity index is -0.00000109. The summed E-state index contributed by atoms with van der Waals surface area (Å²) in [4.78, 5) is 9.28. The van der Waals surface area contributed by atoms with Crippen LogP contribution in [0.1, 0.15) is 12.0 Å². The van der Waals surface area contributed by atoms with Gasteiger partial charge in [-0.05, 0) is 25.6 Å². The molecule has 1 saturated heterocycles. The maximum atomic E-state index is 9.75. The number of hydrogen-bond acceptors (Lipinski definition) is 8. The zero-order valence-corrected chi connectivity index (χ0v) is 25.6. The summed E-state index contributed by atoms with van der Waals surface area (Å²) >= 11 is 12.6. The monoisotopic (exact) mass is 655 g/mol. The molecule has 0 spiro atoms. The summed E-state index contributed by atoms with van der Waals surface area (Å²) in [5.74, 6) is 1.63. The molecule has 4 rings (SSSR count). The number of pyridine rings is 1. The highest BCUT2D eigenvalue weighted by Gasteiger charge is 2.17. The molecule has 0 amide bonds. The maximum Gasteiger partial charge on any atom is 0.163 e. The van der Waals surface area contributed by atoms with Crippen molar-refractivity contribution in [2.24, 2.45) is 0 Å². The number of halogens is 2. The van der Waals surface area contributed by atoms with Crippen LogP contribution in [0, 0.1) is 11.3 Å². The minimum absolute atomic E-state index is 0. The number of rotatable bonds is 9. The number of benzene rings is 2. The van der Waals surface area contributed by atoms with E-state index < -0.39 is 0 Å². The van der Waals surface area contributed by atoms with Gasteiger partial charge in [0.2, 0.25) is 0 Å². The van der Waals surface area contributed by atoms with E-state index in [1.807, 2.05) is 12.1 Å². The van der Waals surface area contributed by atoms with Gasteiger partial charge >= 0.3 is 0 Å². The Morgan fingerprint density at radius 1 is 0.860 bits per heavy atom. The van der Waals surface area contributed by atoms with Crippen LogP contribution in [0.25, 0.3) is 10.9 Å². The summed E-state index contributed by atoms with van der Waals surface area (Å²) in [6, 6.07) is 9.12. The van der Waals surface area contributed by atoms with E-state index in [2.05, 4.69) is 33.2 Å². The fourth-order valence-electron chi connectivity index (χ4n) is 4.15. The number of fused-ring (bicyclic) bond motifs is 1. The first-order valence-electron chi connectivity index (χ1n) is 11.7. The lowest BCUT2D eigenvalue weighted by Gasteiger charge is -2.32. The van der Waals surface area contributed by atoms with Crippen LogP contribution in [-0.2, 0) is 0 Å². The van der Waals surface area contributed by atoms with Crippen molar-refractivity contribution >= 4 is 45.5 Å². The summed E-state index contributed by atoms with van der Waals surface area (Å²) in [6.45, 7) is 5.92. The smallest absolute Gasteiger partial charge is 0.163 e. The first-order chi connectivity index (χ1) is 17.4. The van der Waals surface area contributed by atoms with Gasteiger partial charge in [-0.15, -0.1) is 0 Å². The third-order valence-electron chi connectivity index (χ3n) is 6.25. The number of nitriles is 1. The number of anilines is 2. The summed E-state index contributed by atoms with van der Waals surface area (Å²) in [5.41, 5.74) is 2.11. The van der Waals surface area contributed by atoms with Gasteiger partial charge in [0.25, 0.3) is 0 Å². The van der Waals surface area contributed by atoms with Gasteiger partial charge in [0.05, 0.1) is 53.3 Å². The minimum atomic E-state index is 0. The molecule has 0 radical (unpaired) electrons. The highest BCUT2D eigenvalue weighted by molar-refractivity contribution is 6.37. The highest BCUT2D eigenvalue weighted by Crippen LogP contribution is 2.40. The number of methoxy groups -OCH3 is 2. The molecule has 1 aliphatic rings. The van der Waals surface area contributed by atoms with Crippen LogP contribution >= 0.6 is 23.2 Å². The molecule has 0 bridgehead atoms. The number of nitrogens with one attached hydrogen (secondary N) is 1. The number of piperazine rings is 1. The molecule has 17 heteroatoms. The van der Waals surface area contributed by atoms with E-state index in [0.717, 1.165) is 39.1 Å². The Morgan fingerprint density at radius 3 is 2.07 bits per heavy atom. The first-order valence-corrected chi connectivity index (χ1v) is 12.4. The Morgan fingerprint density at radius 2 is 1.49 bits per heavy atom. The Kier molecular flexibility index (Phi) is 23.3. The molecule has 3 aromatic rings. The molecule has 1 fully saturated rings. The molecular formula is C26H43Cl2N5O10. The topological polar surface area (TPSA) is 303 Å². The summed E-state index contributed by atoms with van der Waals surface area (Å²) < 4.78 is 17.0. The second kappa shape index (κ2) is 21.4. The minimum Gasteiger partial charge on any atom is -0.495 e. The van der Waals surface area contributed by atoms with Gasteiger partial charge in [-0.25, -0.2) is 0 Å². The lowest BCUT2D eigenvalue weighted by molar-refractivity contribution is 0.145. The molecular weight excluding hydrogens is 613 g/mol. The van der Waals surface area contributed by atoms with Gasteiger partial charge in [-0.3, -0.25) is 4.98 Å². The summed E-state index contributed by atoms with van der Waals surface area (Å²) in [5, 5.41) is 14.5. The molecule has 43 heavy (non-hydrogen) atoms. The number of hydrogen-bond donors (Lipinski definition) is 1. The maximum absolute atomic E-state index is 9.75. The largest absolute Gasteiger partial charge is 0.495 e. The van der Waals surface area contributed by atoms with Crippen molar-refractivity contribution in [3.05, 3.63) is 46.1 Å². The predicted molar refractivity (Wildman–Crippen MR) is 169 cm³/mol. The molecule has 0 atom stereocenters. The van der Waals surface area contributed by atoms with Crippen LogP contribution in [0.2, 0.25) is 10.0 Å². The quantitative estimate of drug-likeness (QED) is 0.290. The molecule has 0 unspecified atom stereocenters. The van der Waals surface area contributed by atoms with Crippen LogP contribution in [0.4, 0.5) is 11.4 Å². The molecule has 0 aliphatic carbocycles. The fourth-order valence-corrected chi connectivity index (χ4v) is 4.66. The van der Waals surface area contributed by atoms with Crippen LogP contribution in [-0.4, -0.2) is 114 Å². The van der Waals surface area contributed by atoms with Gasteiger partial charge in [0, 0.05) is 56.4 Å². The van der Waals surface area contributed by atoms with Crippen molar-refractivity contribution < 1.29 is 52.5 Å². The van der Waals surface area contributed by atoms with Crippen LogP contribution < -0.4 is 19.5 Å². The fraction of sp³-hybridized carbons (Fsp3) is 0.385. The third-order valence-corrected chi connectivity index (χ3v) is 6.86. The molecule has 15 N–H and O–H groups in total. The predicted octanol–water partition coefficient (Wildman–Crippen LogP) is -0.583. The number of nitrogens with zero attached hydrogens (tertiary/aromatic N) is 4. The average Bonchev–Trinajstić information content (AvgIpc) is 2.88. The van der Waals surface area contributed by atoms with Crippen LogP contribution in [0.5, 0.6) is 17.2 Å². The number of likely N-dealkylation sites (N-methyl/N-ethyl adjacent to an activating group) is 1. The SMILES string of the molecule is COc1cc(Nc2c(C#N)cnc3cc(OCCCN4CCN(C)CC4)c(OC)cc23)c(Cl)cc1Cl.O.O.O.O.O.O.O. The van der Waals surface area contributed by atoms with E-state index in [1.165, 1.54) is 13.3 Å². The van der Waals surface area contributed by atoms with E-state index in [-0.39, 0.29) is 38.3 Å². The van der Waals surface area contributed by atoms with E-state index in [0.29, 0.717) is 61.7 Å². The highest BCUT2D eigenvalue weighted by atomic mass is 35.5. The van der Waals surface area contributed by atoms with E-state index >= 15 is 0 Å². The standard InChI is InChI=1S/C26H29Cl2N5O3.7H2O/c1-32-6-8-33(9-7-32)5-4-10-36-25-13-21-18(11-24(25)35-3)26(17(15-29)16-30-21)31-22-14-23(34-2)20(28)12-19(22)27;;;;;;;/h11-14,16H,4-10H2,1-3H3,(H,30,31);7*1H2. The van der Waals surface area contributed by atoms with Gasteiger partial charge in [0.15, 0.2) is 11.5 Å². The van der Waals surface area contributed by atoms with Crippen molar-refractivity contribution in [1.29, 1.82) is 5.26 Å². The molecule has 2 heterocycles. The Bertz CT molecular complexity index is 1290. The van der Waals surface area contributed by atoms with Crippen molar-refractivity contribution in [1.82, 2.24) is 14.8 Å². The van der Waals surface area contributed by atoms with E-state index in [4.69, 9.17) is 37.4 Å². The van der Waals surface area contributed by atoms with Crippen molar-refractivity contribution in [2.45, 2.75) is 6.42 Å². The lowest BCUT2D eigenvalue weighted by atomic mass is 10.1. The van der Waals surface area contributed by atoms with Crippen molar-refractivity contribution in [2.75, 3.05) is 65.9 Å². The molecule has 1 aliphatic heterocycles.